The molecular weight excluding hydrogens is 355 g/mol. The first-order valence-corrected chi connectivity index (χ1v) is 8.90. The van der Waals surface area contributed by atoms with Crippen molar-refractivity contribution < 1.29 is 9.47 Å². The highest BCUT2D eigenvalue weighted by Gasteiger charge is 2.15. The fourth-order valence-corrected chi connectivity index (χ4v) is 2.96. The van der Waals surface area contributed by atoms with E-state index in [1.807, 2.05) is 72.8 Å². The zero-order valence-electron chi connectivity index (χ0n) is 13.6. The number of benzene rings is 3. The molecule has 0 heterocycles. The summed E-state index contributed by atoms with van der Waals surface area (Å²) in [5, 5.41) is 0.497. The number of hydrogen-bond donors (Lipinski definition) is 0. The lowest BCUT2D eigenvalue weighted by atomic mass is 10.2. The van der Waals surface area contributed by atoms with Crippen LogP contribution in [0.1, 0.15) is 16.7 Å². The summed E-state index contributed by atoms with van der Waals surface area (Å²) in [5.41, 5.74) is 2.95. The summed E-state index contributed by atoms with van der Waals surface area (Å²) in [5.74, 6) is 1.46. The molecule has 0 aliphatic carbocycles. The second-order valence-electron chi connectivity index (χ2n) is 5.55. The van der Waals surface area contributed by atoms with Gasteiger partial charge in [0.1, 0.15) is 13.2 Å². The van der Waals surface area contributed by atoms with Crippen LogP contribution in [0.3, 0.4) is 0 Å². The van der Waals surface area contributed by atoms with Gasteiger partial charge in [0.05, 0.1) is 5.02 Å². The maximum Gasteiger partial charge on any atom is 0.180 e. The largest absolute Gasteiger partial charge is 0.485 e. The summed E-state index contributed by atoms with van der Waals surface area (Å²) < 4.78 is 11.9. The van der Waals surface area contributed by atoms with Crippen molar-refractivity contribution in [1.82, 2.24) is 0 Å². The molecule has 0 aromatic heterocycles. The first-order valence-electron chi connectivity index (χ1n) is 7.98. The molecule has 0 N–H and O–H groups in total. The van der Waals surface area contributed by atoms with Crippen molar-refractivity contribution in [2.75, 3.05) is 0 Å². The van der Waals surface area contributed by atoms with E-state index >= 15 is 0 Å². The van der Waals surface area contributed by atoms with E-state index in [2.05, 4.69) is 0 Å². The maximum atomic E-state index is 6.47. The summed E-state index contributed by atoms with van der Waals surface area (Å²) in [4.78, 5) is 0. The number of alkyl halides is 1. The van der Waals surface area contributed by atoms with Gasteiger partial charge in [0, 0.05) is 5.88 Å². The smallest absolute Gasteiger partial charge is 0.180 e. The van der Waals surface area contributed by atoms with E-state index < -0.39 is 0 Å². The average molecular weight is 373 g/mol. The van der Waals surface area contributed by atoms with Crippen LogP contribution in [0.15, 0.2) is 72.8 Å². The highest BCUT2D eigenvalue weighted by molar-refractivity contribution is 6.34. The second-order valence-corrected chi connectivity index (χ2v) is 6.19. The van der Waals surface area contributed by atoms with Crippen LogP contribution in [0.25, 0.3) is 0 Å². The second kappa shape index (κ2) is 8.80. The van der Waals surface area contributed by atoms with Crippen molar-refractivity contribution in [2.45, 2.75) is 19.1 Å². The van der Waals surface area contributed by atoms with Gasteiger partial charge in [-0.25, -0.2) is 0 Å². The van der Waals surface area contributed by atoms with Crippen LogP contribution in [0.4, 0.5) is 0 Å². The predicted octanol–water partition coefficient (Wildman–Crippen LogP) is 6.24. The Morgan fingerprint density at radius 1 is 0.680 bits per heavy atom. The minimum absolute atomic E-state index is 0.319. The lowest BCUT2D eigenvalue weighted by Crippen LogP contribution is -2.02. The van der Waals surface area contributed by atoms with E-state index in [4.69, 9.17) is 32.7 Å². The van der Waals surface area contributed by atoms with Crippen molar-refractivity contribution >= 4 is 23.2 Å². The van der Waals surface area contributed by atoms with E-state index in [0.29, 0.717) is 35.6 Å². The van der Waals surface area contributed by atoms with E-state index in [0.717, 1.165) is 16.7 Å². The van der Waals surface area contributed by atoms with Crippen LogP contribution in [-0.4, -0.2) is 0 Å². The van der Waals surface area contributed by atoms with Crippen LogP contribution < -0.4 is 9.47 Å². The third-order valence-corrected chi connectivity index (χ3v) is 4.45. The van der Waals surface area contributed by atoms with Crippen molar-refractivity contribution in [1.29, 1.82) is 0 Å². The molecule has 0 radical (unpaired) electrons. The van der Waals surface area contributed by atoms with Gasteiger partial charge in [-0.3, -0.25) is 0 Å². The lowest BCUT2D eigenvalue weighted by molar-refractivity contribution is 0.256. The summed E-state index contributed by atoms with van der Waals surface area (Å²) in [7, 11) is 0. The van der Waals surface area contributed by atoms with E-state index in [9.17, 15) is 0 Å². The Balaban J connectivity index is 1.80. The van der Waals surface area contributed by atoms with E-state index in [-0.39, 0.29) is 0 Å². The number of hydrogen-bond acceptors (Lipinski definition) is 2. The normalized spacial score (nSPS) is 10.5. The Morgan fingerprint density at radius 3 is 1.80 bits per heavy atom. The molecule has 128 valence electrons. The van der Waals surface area contributed by atoms with Crippen LogP contribution in [0, 0.1) is 0 Å². The number of halogens is 2. The van der Waals surface area contributed by atoms with Gasteiger partial charge in [-0.1, -0.05) is 78.3 Å². The highest BCUT2D eigenvalue weighted by Crippen LogP contribution is 2.39. The standard InChI is InChI=1S/C21H18Cl2O2/c22-13-18-11-12-19(24-14-16-7-3-1-4-8-16)21(20(18)23)25-15-17-9-5-2-6-10-17/h1-12H,13-15H2. The van der Waals surface area contributed by atoms with Crippen LogP contribution in [-0.2, 0) is 19.1 Å². The molecule has 0 spiro atoms. The summed E-state index contributed by atoms with van der Waals surface area (Å²) >= 11 is 12.4. The average Bonchev–Trinajstić information content (AvgIpc) is 2.67. The Hall–Kier alpha value is -2.16. The molecule has 0 saturated heterocycles. The van der Waals surface area contributed by atoms with Crippen molar-refractivity contribution in [3.8, 4) is 11.5 Å². The molecule has 0 saturated carbocycles. The monoisotopic (exact) mass is 372 g/mol. The third kappa shape index (κ3) is 4.68. The van der Waals surface area contributed by atoms with E-state index in [1.54, 1.807) is 0 Å². The van der Waals surface area contributed by atoms with Gasteiger partial charge in [0.2, 0.25) is 0 Å². The predicted molar refractivity (Wildman–Crippen MR) is 103 cm³/mol. The molecule has 0 bridgehead atoms. The van der Waals surface area contributed by atoms with Gasteiger partial charge in [0.25, 0.3) is 0 Å². The molecule has 2 nitrogen and oxygen atoms in total. The Labute approximate surface area is 157 Å². The fourth-order valence-electron chi connectivity index (χ4n) is 2.40. The SMILES string of the molecule is ClCc1ccc(OCc2ccccc2)c(OCc2ccccc2)c1Cl. The number of ether oxygens (including phenoxy) is 2. The van der Waals surface area contributed by atoms with Gasteiger partial charge in [0.15, 0.2) is 11.5 Å². The minimum atomic E-state index is 0.319. The minimum Gasteiger partial charge on any atom is -0.485 e. The molecular formula is C21H18Cl2O2. The molecule has 4 heteroatoms. The van der Waals surface area contributed by atoms with Crippen LogP contribution >= 0.6 is 23.2 Å². The summed E-state index contributed by atoms with van der Waals surface area (Å²) in [6, 6.07) is 23.6. The lowest BCUT2D eigenvalue weighted by Gasteiger charge is -2.16. The van der Waals surface area contributed by atoms with Gasteiger partial charge in [-0.05, 0) is 22.8 Å². The Kier molecular flexibility index (Phi) is 6.21. The molecule has 0 aliphatic rings. The first-order chi connectivity index (χ1) is 12.3. The zero-order chi connectivity index (χ0) is 17.5. The fraction of sp³-hybridized carbons (Fsp3) is 0.143. The van der Waals surface area contributed by atoms with Crippen molar-refractivity contribution in [3.63, 3.8) is 0 Å². The maximum absolute atomic E-state index is 6.47. The molecule has 3 aromatic rings. The third-order valence-electron chi connectivity index (χ3n) is 3.75. The van der Waals surface area contributed by atoms with Crippen LogP contribution in [0.5, 0.6) is 11.5 Å². The Bertz CT molecular complexity index is 805. The zero-order valence-corrected chi connectivity index (χ0v) is 15.1. The molecule has 0 aliphatic heterocycles. The highest BCUT2D eigenvalue weighted by atomic mass is 35.5. The summed E-state index contributed by atoms with van der Waals surface area (Å²) in [6.07, 6.45) is 0. The first kappa shape index (κ1) is 17.7. The molecule has 3 aromatic carbocycles. The van der Waals surface area contributed by atoms with E-state index in [1.165, 1.54) is 0 Å². The van der Waals surface area contributed by atoms with Gasteiger partial charge in [-0.2, -0.15) is 0 Å². The van der Waals surface area contributed by atoms with Gasteiger partial charge in [-0.15, -0.1) is 11.6 Å². The molecule has 25 heavy (non-hydrogen) atoms. The molecule has 0 amide bonds. The van der Waals surface area contributed by atoms with Crippen molar-refractivity contribution in [3.05, 3.63) is 94.5 Å². The van der Waals surface area contributed by atoms with Gasteiger partial charge < -0.3 is 9.47 Å². The topological polar surface area (TPSA) is 18.5 Å². The molecule has 0 fully saturated rings. The molecule has 0 unspecified atom stereocenters. The Morgan fingerprint density at radius 2 is 1.24 bits per heavy atom. The van der Waals surface area contributed by atoms with Crippen molar-refractivity contribution in [2.24, 2.45) is 0 Å². The molecule has 0 atom stereocenters. The number of rotatable bonds is 7. The van der Waals surface area contributed by atoms with Gasteiger partial charge >= 0.3 is 0 Å². The quantitative estimate of drug-likeness (QED) is 0.457. The summed E-state index contributed by atoms with van der Waals surface area (Å²) in [6.45, 7) is 0.854. The molecule has 3 rings (SSSR count). The van der Waals surface area contributed by atoms with Crippen LogP contribution in [0.2, 0.25) is 5.02 Å².